The van der Waals surface area contributed by atoms with Gasteiger partial charge in [-0.2, -0.15) is 13.2 Å². The molecule has 10 heteroatoms. The third kappa shape index (κ3) is 4.63. The fourth-order valence-electron chi connectivity index (χ4n) is 4.34. The van der Waals surface area contributed by atoms with Crippen LogP contribution in [0.1, 0.15) is 44.2 Å². The first-order valence-corrected chi connectivity index (χ1v) is 10.0. The smallest absolute Gasteiger partial charge is 0.369 e. The number of anilines is 1. The standard InChI is InChI=1S/C19H25F3N4O3/c20-19(21,22)15-8-16(24-12-23-15)26-6-7-29-18(10-26)9-14(28-11-18)17(27)25-13-4-2-1-3-5-13/h8,12-14H,1-7,9-11H2,(H,25,27). The van der Waals surface area contributed by atoms with Crippen LogP contribution in [0.15, 0.2) is 12.4 Å². The number of carbonyl (C=O) groups excluding carboxylic acids is 1. The molecular formula is C19H25F3N4O3. The molecular weight excluding hydrogens is 389 g/mol. The number of hydrogen-bond donors (Lipinski definition) is 1. The van der Waals surface area contributed by atoms with Crippen molar-refractivity contribution in [3.8, 4) is 0 Å². The number of ether oxygens (including phenoxy) is 2. The molecule has 0 bridgehead atoms. The number of morpholine rings is 1. The van der Waals surface area contributed by atoms with Crippen LogP contribution in [0.25, 0.3) is 0 Å². The van der Waals surface area contributed by atoms with Gasteiger partial charge in [0, 0.05) is 25.1 Å². The van der Waals surface area contributed by atoms with Gasteiger partial charge in [-0.15, -0.1) is 0 Å². The molecule has 4 rings (SSSR count). The molecule has 1 spiro atoms. The van der Waals surface area contributed by atoms with Crippen LogP contribution in [-0.4, -0.2) is 59.9 Å². The second-order valence-corrected chi connectivity index (χ2v) is 8.06. The Bertz CT molecular complexity index is 742. The van der Waals surface area contributed by atoms with E-state index in [2.05, 4.69) is 15.3 Å². The molecule has 2 saturated heterocycles. The summed E-state index contributed by atoms with van der Waals surface area (Å²) in [6.07, 6.45) is 1.60. The van der Waals surface area contributed by atoms with Crippen molar-refractivity contribution in [3.63, 3.8) is 0 Å². The molecule has 3 heterocycles. The van der Waals surface area contributed by atoms with Gasteiger partial charge in [0.05, 0.1) is 19.8 Å². The highest BCUT2D eigenvalue weighted by atomic mass is 19.4. The molecule has 2 atom stereocenters. The largest absolute Gasteiger partial charge is 0.433 e. The molecule has 1 amide bonds. The molecule has 29 heavy (non-hydrogen) atoms. The maximum Gasteiger partial charge on any atom is 0.433 e. The van der Waals surface area contributed by atoms with Crippen molar-refractivity contribution in [2.24, 2.45) is 0 Å². The number of halogens is 3. The van der Waals surface area contributed by atoms with E-state index >= 15 is 0 Å². The Balaban J connectivity index is 1.40. The summed E-state index contributed by atoms with van der Waals surface area (Å²) < 4.78 is 50.6. The van der Waals surface area contributed by atoms with Gasteiger partial charge in [0.15, 0.2) is 0 Å². The van der Waals surface area contributed by atoms with E-state index in [4.69, 9.17) is 9.47 Å². The van der Waals surface area contributed by atoms with Crippen LogP contribution in [0.4, 0.5) is 19.0 Å². The van der Waals surface area contributed by atoms with Crippen LogP contribution in [-0.2, 0) is 20.4 Å². The topological polar surface area (TPSA) is 76.6 Å². The number of aromatic nitrogens is 2. The highest BCUT2D eigenvalue weighted by Gasteiger charge is 2.47. The zero-order chi connectivity index (χ0) is 20.5. The van der Waals surface area contributed by atoms with Crippen molar-refractivity contribution in [2.75, 3.05) is 31.2 Å². The van der Waals surface area contributed by atoms with Crippen molar-refractivity contribution in [1.82, 2.24) is 15.3 Å². The Labute approximate surface area is 167 Å². The number of rotatable bonds is 3. The molecule has 2 unspecified atom stereocenters. The van der Waals surface area contributed by atoms with Crippen molar-refractivity contribution in [1.29, 1.82) is 0 Å². The highest BCUT2D eigenvalue weighted by Crippen LogP contribution is 2.34. The lowest BCUT2D eigenvalue weighted by Gasteiger charge is -2.40. The molecule has 0 radical (unpaired) electrons. The van der Waals surface area contributed by atoms with Crippen molar-refractivity contribution in [2.45, 2.75) is 62.4 Å². The molecule has 0 aromatic carbocycles. The third-order valence-corrected chi connectivity index (χ3v) is 5.86. The summed E-state index contributed by atoms with van der Waals surface area (Å²) in [7, 11) is 0. The van der Waals surface area contributed by atoms with Crippen molar-refractivity contribution < 1.29 is 27.4 Å². The van der Waals surface area contributed by atoms with E-state index in [0.717, 1.165) is 38.1 Å². The zero-order valence-electron chi connectivity index (χ0n) is 16.1. The van der Waals surface area contributed by atoms with Crippen LogP contribution >= 0.6 is 0 Å². The molecule has 3 aliphatic rings. The van der Waals surface area contributed by atoms with Crippen LogP contribution in [0.3, 0.4) is 0 Å². The van der Waals surface area contributed by atoms with E-state index in [9.17, 15) is 18.0 Å². The van der Waals surface area contributed by atoms with Crippen molar-refractivity contribution in [3.05, 3.63) is 18.1 Å². The molecule has 1 aromatic rings. The van der Waals surface area contributed by atoms with Gasteiger partial charge in [0.25, 0.3) is 0 Å². The number of nitrogens with zero attached hydrogens (tertiary/aromatic N) is 3. The quantitative estimate of drug-likeness (QED) is 0.818. The lowest BCUT2D eigenvalue weighted by molar-refractivity contribution is -0.141. The molecule has 7 nitrogen and oxygen atoms in total. The van der Waals surface area contributed by atoms with E-state index in [0.29, 0.717) is 26.1 Å². The van der Waals surface area contributed by atoms with Gasteiger partial charge in [-0.1, -0.05) is 19.3 Å². The highest BCUT2D eigenvalue weighted by molar-refractivity contribution is 5.81. The van der Waals surface area contributed by atoms with Gasteiger partial charge in [0.1, 0.15) is 29.5 Å². The fourth-order valence-corrected chi connectivity index (χ4v) is 4.34. The predicted molar refractivity (Wildman–Crippen MR) is 97.3 cm³/mol. The van der Waals surface area contributed by atoms with E-state index in [-0.39, 0.29) is 24.4 Å². The Morgan fingerprint density at radius 3 is 2.79 bits per heavy atom. The first-order valence-electron chi connectivity index (χ1n) is 10.0. The summed E-state index contributed by atoms with van der Waals surface area (Å²) in [5, 5.41) is 3.07. The Morgan fingerprint density at radius 2 is 2.03 bits per heavy atom. The van der Waals surface area contributed by atoms with Gasteiger partial charge >= 0.3 is 6.18 Å². The normalized spacial score (nSPS) is 28.7. The number of amides is 1. The van der Waals surface area contributed by atoms with Gasteiger partial charge in [-0.05, 0) is 12.8 Å². The molecule has 160 valence electrons. The summed E-state index contributed by atoms with van der Waals surface area (Å²) >= 11 is 0. The maximum absolute atomic E-state index is 13.0. The number of alkyl halides is 3. The second-order valence-electron chi connectivity index (χ2n) is 8.06. The lowest BCUT2D eigenvalue weighted by Crippen LogP contribution is -2.53. The van der Waals surface area contributed by atoms with Crippen LogP contribution in [0, 0.1) is 0 Å². The van der Waals surface area contributed by atoms with E-state index < -0.39 is 23.6 Å². The van der Waals surface area contributed by atoms with Crippen LogP contribution in [0.5, 0.6) is 0 Å². The average Bonchev–Trinajstić information content (AvgIpc) is 3.11. The molecule has 1 aliphatic carbocycles. The SMILES string of the molecule is O=C(NC1CCCCC1)C1CC2(CO1)CN(c1cc(C(F)(F)F)ncn1)CCO2. The molecule has 2 aliphatic heterocycles. The van der Waals surface area contributed by atoms with Crippen LogP contribution < -0.4 is 10.2 Å². The van der Waals surface area contributed by atoms with E-state index in [1.807, 2.05) is 0 Å². The number of carbonyl (C=O) groups is 1. The first-order chi connectivity index (χ1) is 13.8. The Hall–Kier alpha value is -1.94. The minimum absolute atomic E-state index is 0.129. The second kappa shape index (κ2) is 8.06. The summed E-state index contributed by atoms with van der Waals surface area (Å²) in [6, 6.07) is 1.14. The lowest BCUT2D eigenvalue weighted by atomic mass is 9.94. The predicted octanol–water partition coefficient (Wildman–Crippen LogP) is 2.31. The van der Waals surface area contributed by atoms with E-state index in [1.54, 1.807) is 4.90 Å². The average molecular weight is 414 g/mol. The minimum atomic E-state index is -4.53. The van der Waals surface area contributed by atoms with Gasteiger partial charge in [-0.25, -0.2) is 9.97 Å². The zero-order valence-corrected chi connectivity index (χ0v) is 16.1. The van der Waals surface area contributed by atoms with E-state index in [1.165, 1.54) is 6.42 Å². The van der Waals surface area contributed by atoms with Gasteiger partial charge < -0.3 is 19.7 Å². The van der Waals surface area contributed by atoms with Gasteiger partial charge in [0.2, 0.25) is 5.91 Å². The fraction of sp³-hybridized carbons (Fsp3) is 0.737. The van der Waals surface area contributed by atoms with Crippen molar-refractivity contribution >= 4 is 11.7 Å². The summed E-state index contributed by atoms with van der Waals surface area (Å²) in [4.78, 5) is 21.7. The molecule has 1 N–H and O–H groups in total. The Kier molecular flexibility index (Phi) is 5.65. The maximum atomic E-state index is 13.0. The number of nitrogens with one attached hydrogen (secondary N) is 1. The molecule has 1 aromatic heterocycles. The third-order valence-electron chi connectivity index (χ3n) is 5.86. The summed E-state index contributed by atoms with van der Waals surface area (Å²) in [5.41, 5.74) is -1.70. The first kappa shape index (κ1) is 20.3. The monoisotopic (exact) mass is 414 g/mol. The number of hydrogen-bond acceptors (Lipinski definition) is 6. The summed E-state index contributed by atoms with van der Waals surface area (Å²) in [5.74, 6) is 0.0704. The van der Waals surface area contributed by atoms with Gasteiger partial charge in [-0.3, -0.25) is 4.79 Å². The minimum Gasteiger partial charge on any atom is -0.369 e. The Morgan fingerprint density at radius 1 is 1.24 bits per heavy atom. The summed E-state index contributed by atoms with van der Waals surface area (Å²) in [6.45, 7) is 1.28. The van der Waals surface area contributed by atoms with Crippen LogP contribution in [0.2, 0.25) is 0 Å². The molecule has 1 saturated carbocycles. The molecule has 3 fully saturated rings.